The monoisotopic (exact) mass is 442 g/mol. The summed E-state index contributed by atoms with van der Waals surface area (Å²) in [6.45, 7) is 4.39. The number of unbranched alkanes of at least 4 members (excludes halogenated alkanes) is 12. The van der Waals surface area contributed by atoms with Crippen LogP contribution in [0.3, 0.4) is 0 Å². The summed E-state index contributed by atoms with van der Waals surface area (Å²) >= 11 is 0. The first-order valence-corrected chi connectivity index (χ1v) is 13.5. The van der Waals surface area contributed by atoms with Crippen molar-refractivity contribution in [1.29, 1.82) is 0 Å². The summed E-state index contributed by atoms with van der Waals surface area (Å²) in [5, 5.41) is 9.34. The van der Waals surface area contributed by atoms with Gasteiger partial charge in [0.15, 0.2) is 0 Å². The van der Waals surface area contributed by atoms with Gasteiger partial charge in [-0.3, -0.25) is 0 Å². The van der Waals surface area contributed by atoms with Crippen LogP contribution >= 0.6 is 0 Å². The summed E-state index contributed by atoms with van der Waals surface area (Å²) in [4.78, 5) is 0. The van der Waals surface area contributed by atoms with Gasteiger partial charge in [0.2, 0.25) is 0 Å². The van der Waals surface area contributed by atoms with E-state index in [1.165, 1.54) is 57.8 Å². The molecule has 0 aromatic rings. The maximum absolute atomic E-state index is 11.5. The molecular formula is C23H47NaO4S. The molecule has 170 valence electrons. The van der Waals surface area contributed by atoms with Gasteiger partial charge in [-0.05, 0) is 25.7 Å². The molecule has 0 saturated heterocycles. The van der Waals surface area contributed by atoms with E-state index in [1.54, 1.807) is 0 Å². The molecule has 0 rings (SSSR count). The molecule has 0 radical (unpaired) electrons. The summed E-state index contributed by atoms with van der Waals surface area (Å²) in [5.41, 5.74) is 0. The molecule has 0 aliphatic heterocycles. The summed E-state index contributed by atoms with van der Waals surface area (Å²) in [6.07, 6.45) is 19.1. The van der Waals surface area contributed by atoms with E-state index < -0.39 is 15.4 Å². The second-order valence-electron chi connectivity index (χ2n) is 8.52. The minimum atomic E-state index is -4.20. The molecule has 2 atom stereocenters. The maximum Gasteiger partial charge on any atom is 1.00 e. The molecule has 0 saturated carbocycles. The first kappa shape index (κ1) is 32.1. The van der Waals surface area contributed by atoms with E-state index in [4.69, 9.17) is 0 Å². The number of rotatable bonds is 21. The molecule has 6 heteroatoms. The minimum absolute atomic E-state index is 0. The normalized spacial score (nSPS) is 13.8. The molecule has 1 N–H and O–H groups in total. The molecule has 0 aliphatic carbocycles. The van der Waals surface area contributed by atoms with Gasteiger partial charge in [0.25, 0.3) is 0 Å². The predicted octanol–water partition coefficient (Wildman–Crippen LogP) is 3.72. The van der Waals surface area contributed by atoms with Crippen molar-refractivity contribution >= 4 is 10.1 Å². The Morgan fingerprint density at radius 3 is 1.34 bits per heavy atom. The SMILES string of the molecule is CCCCCCCCCC(O)CCCCC(CCCCCCCC)S(=O)(=O)[O-].[Na+]. The molecule has 0 aromatic heterocycles. The van der Waals surface area contributed by atoms with Crippen molar-refractivity contribution in [3.63, 3.8) is 0 Å². The van der Waals surface area contributed by atoms with Crippen LogP contribution in [0.1, 0.15) is 136 Å². The fraction of sp³-hybridized carbons (Fsp3) is 1.00. The van der Waals surface area contributed by atoms with Crippen LogP contribution in [0.5, 0.6) is 0 Å². The predicted molar refractivity (Wildman–Crippen MR) is 119 cm³/mol. The van der Waals surface area contributed by atoms with Gasteiger partial charge in [0, 0.05) is 5.25 Å². The Hall–Kier alpha value is 0.870. The third-order valence-corrected chi connectivity index (χ3v) is 7.03. The zero-order valence-electron chi connectivity index (χ0n) is 19.7. The molecular weight excluding hydrogens is 395 g/mol. The van der Waals surface area contributed by atoms with Gasteiger partial charge in [-0.2, -0.15) is 0 Å². The molecule has 0 aliphatic rings. The summed E-state index contributed by atoms with van der Waals surface area (Å²) in [7, 11) is -4.20. The summed E-state index contributed by atoms with van der Waals surface area (Å²) in [5.74, 6) is 0. The summed E-state index contributed by atoms with van der Waals surface area (Å²) in [6, 6.07) is 0. The van der Waals surface area contributed by atoms with Crippen molar-refractivity contribution in [2.24, 2.45) is 0 Å². The van der Waals surface area contributed by atoms with E-state index in [9.17, 15) is 18.1 Å². The fourth-order valence-corrected chi connectivity index (χ4v) is 4.73. The summed E-state index contributed by atoms with van der Waals surface area (Å²) < 4.78 is 34.5. The molecule has 29 heavy (non-hydrogen) atoms. The van der Waals surface area contributed by atoms with Crippen molar-refractivity contribution < 1.29 is 47.6 Å². The average molecular weight is 443 g/mol. The van der Waals surface area contributed by atoms with Crippen LogP contribution < -0.4 is 29.6 Å². The molecule has 0 bridgehead atoms. The van der Waals surface area contributed by atoms with Gasteiger partial charge in [-0.15, -0.1) is 0 Å². The number of hydrogen-bond acceptors (Lipinski definition) is 4. The molecule has 0 spiro atoms. The van der Waals surface area contributed by atoms with Crippen LogP contribution in [0, 0.1) is 0 Å². The number of hydrogen-bond donors (Lipinski definition) is 1. The maximum atomic E-state index is 11.5. The Balaban J connectivity index is 0. The third kappa shape index (κ3) is 21.9. The molecule has 0 fully saturated rings. The third-order valence-electron chi connectivity index (χ3n) is 5.74. The Bertz CT molecular complexity index is 429. The zero-order valence-corrected chi connectivity index (χ0v) is 22.5. The van der Waals surface area contributed by atoms with Crippen molar-refractivity contribution in [3.05, 3.63) is 0 Å². The van der Waals surface area contributed by atoms with Crippen molar-refractivity contribution in [3.8, 4) is 0 Å². The van der Waals surface area contributed by atoms with Gasteiger partial charge in [0.05, 0.1) is 16.2 Å². The Morgan fingerprint density at radius 2 is 0.931 bits per heavy atom. The topological polar surface area (TPSA) is 77.4 Å². The Kier molecular flexibility index (Phi) is 24.4. The van der Waals surface area contributed by atoms with Crippen LogP contribution in [0.2, 0.25) is 0 Å². The van der Waals surface area contributed by atoms with E-state index in [1.807, 2.05) is 0 Å². The minimum Gasteiger partial charge on any atom is -0.748 e. The van der Waals surface area contributed by atoms with E-state index >= 15 is 0 Å². The average Bonchev–Trinajstić information content (AvgIpc) is 2.64. The van der Waals surface area contributed by atoms with Crippen LogP contribution in [-0.2, 0) is 10.1 Å². The van der Waals surface area contributed by atoms with E-state index in [2.05, 4.69) is 13.8 Å². The van der Waals surface area contributed by atoms with Gasteiger partial charge in [-0.1, -0.05) is 110 Å². The first-order valence-electron chi connectivity index (χ1n) is 12.0. The van der Waals surface area contributed by atoms with Crippen molar-refractivity contribution in [2.75, 3.05) is 0 Å². The molecule has 0 aromatic carbocycles. The Morgan fingerprint density at radius 1 is 0.621 bits per heavy atom. The molecule has 4 nitrogen and oxygen atoms in total. The van der Waals surface area contributed by atoms with Crippen LogP contribution in [0.15, 0.2) is 0 Å². The van der Waals surface area contributed by atoms with E-state index in [0.717, 1.165) is 51.4 Å². The first-order chi connectivity index (χ1) is 13.4. The van der Waals surface area contributed by atoms with Gasteiger partial charge in [0.1, 0.15) is 0 Å². The fourth-order valence-electron chi connectivity index (χ4n) is 3.82. The van der Waals surface area contributed by atoms with Crippen LogP contribution in [-0.4, -0.2) is 29.4 Å². The van der Waals surface area contributed by atoms with Gasteiger partial charge >= 0.3 is 29.6 Å². The molecule has 0 heterocycles. The zero-order chi connectivity index (χ0) is 21.1. The van der Waals surface area contributed by atoms with E-state index in [-0.39, 0.29) is 35.7 Å². The molecule has 2 unspecified atom stereocenters. The molecule has 0 amide bonds. The van der Waals surface area contributed by atoms with Gasteiger partial charge in [-0.25, -0.2) is 8.42 Å². The van der Waals surface area contributed by atoms with Crippen LogP contribution in [0.4, 0.5) is 0 Å². The second-order valence-corrected chi connectivity index (χ2v) is 10.2. The smallest absolute Gasteiger partial charge is 0.748 e. The van der Waals surface area contributed by atoms with Gasteiger partial charge < -0.3 is 9.66 Å². The van der Waals surface area contributed by atoms with Crippen molar-refractivity contribution in [2.45, 2.75) is 147 Å². The van der Waals surface area contributed by atoms with Crippen LogP contribution in [0.25, 0.3) is 0 Å². The second kappa shape index (κ2) is 22.1. The number of aliphatic hydroxyl groups is 1. The number of aliphatic hydroxyl groups excluding tert-OH is 1. The van der Waals surface area contributed by atoms with Crippen molar-refractivity contribution in [1.82, 2.24) is 0 Å². The van der Waals surface area contributed by atoms with E-state index in [0.29, 0.717) is 12.8 Å². The Labute approximate surface area is 204 Å². The standard InChI is InChI=1S/C23H48O4S.Na/c1-3-5-7-9-11-12-14-18-22(24)19-16-17-21-23(28(25,26)27)20-15-13-10-8-6-4-2;/h22-24H,3-21H2,1-2H3,(H,25,26,27);/q;+1/p-1. The quantitative estimate of drug-likeness (QED) is 0.167. The largest absolute Gasteiger partial charge is 1.00 e.